The van der Waals surface area contributed by atoms with Crippen molar-refractivity contribution in [3.8, 4) is 5.75 Å². The maximum atomic E-state index is 5.68. The van der Waals surface area contributed by atoms with Gasteiger partial charge in [-0.25, -0.2) is 0 Å². The lowest BCUT2D eigenvalue weighted by Crippen LogP contribution is -2.11. The van der Waals surface area contributed by atoms with Gasteiger partial charge in [0.1, 0.15) is 5.75 Å². The molecule has 0 saturated heterocycles. The zero-order valence-corrected chi connectivity index (χ0v) is 11.6. The Kier molecular flexibility index (Phi) is 3.47. The van der Waals surface area contributed by atoms with E-state index in [9.17, 15) is 0 Å². The Bertz CT molecular complexity index is 586. The molecule has 19 heavy (non-hydrogen) atoms. The van der Waals surface area contributed by atoms with Gasteiger partial charge in [0, 0.05) is 23.7 Å². The average Bonchev–Trinajstić information content (AvgIpc) is 2.78. The van der Waals surface area contributed by atoms with Crippen LogP contribution in [0.3, 0.4) is 0 Å². The summed E-state index contributed by atoms with van der Waals surface area (Å²) in [6.45, 7) is 1.77. The molecule has 0 spiro atoms. The van der Waals surface area contributed by atoms with Crippen molar-refractivity contribution in [1.82, 2.24) is 4.57 Å². The van der Waals surface area contributed by atoms with Gasteiger partial charge in [-0.2, -0.15) is 0 Å². The van der Waals surface area contributed by atoms with E-state index >= 15 is 0 Å². The van der Waals surface area contributed by atoms with Crippen LogP contribution in [0.2, 0.25) is 0 Å². The Morgan fingerprint density at radius 1 is 1.26 bits per heavy atom. The number of ether oxygens (including phenoxy) is 1. The highest BCUT2D eigenvalue weighted by Crippen LogP contribution is 2.34. The minimum absolute atomic E-state index is 0.748. The summed E-state index contributed by atoms with van der Waals surface area (Å²) in [6.07, 6.45) is 6.08. The molecular formula is C16H22N2O. The van der Waals surface area contributed by atoms with Crippen molar-refractivity contribution in [3.05, 3.63) is 29.5 Å². The summed E-state index contributed by atoms with van der Waals surface area (Å²) in [5.74, 6) is 0.941. The van der Waals surface area contributed by atoms with Crippen molar-refractivity contribution in [3.63, 3.8) is 0 Å². The van der Waals surface area contributed by atoms with Crippen LogP contribution in [-0.4, -0.2) is 18.2 Å². The molecule has 0 fully saturated rings. The molecular weight excluding hydrogens is 236 g/mol. The first-order valence-electron chi connectivity index (χ1n) is 7.23. The van der Waals surface area contributed by atoms with E-state index in [0.29, 0.717) is 0 Å². The second kappa shape index (κ2) is 5.25. The third-order valence-electron chi connectivity index (χ3n) is 4.17. The average molecular weight is 258 g/mol. The topological polar surface area (TPSA) is 40.2 Å². The van der Waals surface area contributed by atoms with E-state index < -0.39 is 0 Å². The molecule has 1 aliphatic rings. The number of aromatic nitrogens is 1. The standard InChI is InChI=1S/C16H22N2O/c1-19-12-7-8-14-13-5-2-3-6-15(13)18(10-4-9-17)16(14)11-12/h7-8,11H,2-6,9-10,17H2,1H3. The van der Waals surface area contributed by atoms with Crippen LogP contribution in [0.1, 0.15) is 30.5 Å². The maximum Gasteiger partial charge on any atom is 0.120 e. The van der Waals surface area contributed by atoms with E-state index in [4.69, 9.17) is 10.5 Å². The number of hydrogen-bond donors (Lipinski definition) is 1. The van der Waals surface area contributed by atoms with Gasteiger partial charge in [-0.15, -0.1) is 0 Å². The number of nitrogens with zero attached hydrogens (tertiary/aromatic N) is 1. The van der Waals surface area contributed by atoms with Crippen molar-refractivity contribution in [1.29, 1.82) is 0 Å². The lowest BCUT2D eigenvalue weighted by molar-refractivity contribution is 0.415. The number of nitrogens with two attached hydrogens (primary N) is 1. The smallest absolute Gasteiger partial charge is 0.120 e. The van der Waals surface area contributed by atoms with E-state index in [1.54, 1.807) is 12.7 Å². The fourth-order valence-corrected chi connectivity index (χ4v) is 3.24. The van der Waals surface area contributed by atoms with Crippen molar-refractivity contribution >= 4 is 10.9 Å². The molecule has 0 radical (unpaired) electrons. The molecule has 0 saturated carbocycles. The molecule has 1 aromatic heterocycles. The Labute approximate surface area is 114 Å². The first-order valence-corrected chi connectivity index (χ1v) is 7.23. The third-order valence-corrected chi connectivity index (χ3v) is 4.17. The summed E-state index contributed by atoms with van der Waals surface area (Å²) in [6, 6.07) is 6.46. The van der Waals surface area contributed by atoms with Crippen LogP contribution in [0.15, 0.2) is 18.2 Å². The fourth-order valence-electron chi connectivity index (χ4n) is 3.24. The highest BCUT2D eigenvalue weighted by molar-refractivity contribution is 5.87. The van der Waals surface area contributed by atoms with Gasteiger partial charge in [-0.3, -0.25) is 0 Å². The fraction of sp³-hybridized carbons (Fsp3) is 0.500. The number of benzene rings is 1. The lowest BCUT2D eigenvalue weighted by atomic mass is 9.95. The van der Waals surface area contributed by atoms with Gasteiger partial charge in [-0.05, 0) is 56.3 Å². The van der Waals surface area contributed by atoms with Crippen molar-refractivity contribution < 1.29 is 4.74 Å². The Balaban J connectivity index is 2.17. The predicted molar refractivity (Wildman–Crippen MR) is 78.8 cm³/mol. The number of methoxy groups -OCH3 is 1. The highest BCUT2D eigenvalue weighted by Gasteiger charge is 2.19. The van der Waals surface area contributed by atoms with Crippen molar-refractivity contribution in [2.75, 3.05) is 13.7 Å². The number of fused-ring (bicyclic) bond motifs is 3. The van der Waals surface area contributed by atoms with E-state index in [2.05, 4.69) is 22.8 Å². The van der Waals surface area contributed by atoms with Crippen LogP contribution in [-0.2, 0) is 19.4 Å². The van der Waals surface area contributed by atoms with Crippen LogP contribution in [0.25, 0.3) is 10.9 Å². The molecule has 3 nitrogen and oxygen atoms in total. The minimum atomic E-state index is 0.748. The van der Waals surface area contributed by atoms with Gasteiger partial charge in [0.25, 0.3) is 0 Å². The summed E-state index contributed by atoms with van der Waals surface area (Å²) < 4.78 is 7.85. The second-order valence-corrected chi connectivity index (χ2v) is 5.31. The molecule has 1 aromatic carbocycles. The Morgan fingerprint density at radius 2 is 2.11 bits per heavy atom. The van der Waals surface area contributed by atoms with Crippen LogP contribution in [0.4, 0.5) is 0 Å². The molecule has 0 bridgehead atoms. The lowest BCUT2D eigenvalue weighted by Gasteiger charge is -2.15. The van der Waals surface area contributed by atoms with Crippen LogP contribution in [0, 0.1) is 0 Å². The first-order chi connectivity index (χ1) is 9.35. The van der Waals surface area contributed by atoms with Crippen LogP contribution >= 0.6 is 0 Å². The Hall–Kier alpha value is -1.48. The molecule has 1 aliphatic carbocycles. The van der Waals surface area contributed by atoms with Crippen LogP contribution in [0.5, 0.6) is 5.75 Å². The molecule has 102 valence electrons. The van der Waals surface area contributed by atoms with Gasteiger partial charge in [0.05, 0.1) is 12.6 Å². The molecule has 0 amide bonds. The zero-order chi connectivity index (χ0) is 13.2. The minimum Gasteiger partial charge on any atom is -0.497 e. The molecule has 0 unspecified atom stereocenters. The third kappa shape index (κ3) is 2.12. The summed E-state index contributed by atoms with van der Waals surface area (Å²) in [5.41, 5.74) is 10.1. The monoisotopic (exact) mass is 258 g/mol. The van der Waals surface area contributed by atoms with E-state index in [1.165, 1.54) is 42.3 Å². The molecule has 3 heteroatoms. The number of aryl methyl sites for hydroxylation is 2. The summed E-state index contributed by atoms with van der Waals surface area (Å²) >= 11 is 0. The van der Waals surface area contributed by atoms with E-state index in [-0.39, 0.29) is 0 Å². The summed E-state index contributed by atoms with van der Waals surface area (Å²) in [7, 11) is 1.73. The first kappa shape index (κ1) is 12.5. The molecule has 2 N–H and O–H groups in total. The van der Waals surface area contributed by atoms with Gasteiger partial charge in [-0.1, -0.05) is 0 Å². The van der Waals surface area contributed by atoms with E-state index in [1.807, 2.05) is 0 Å². The quantitative estimate of drug-likeness (QED) is 0.916. The highest BCUT2D eigenvalue weighted by atomic mass is 16.5. The predicted octanol–water partition coefficient (Wildman–Crippen LogP) is 2.88. The molecule has 2 aromatic rings. The van der Waals surface area contributed by atoms with E-state index in [0.717, 1.165) is 25.3 Å². The van der Waals surface area contributed by atoms with Crippen molar-refractivity contribution in [2.24, 2.45) is 5.73 Å². The van der Waals surface area contributed by atoms with Crippen LogP contribution < -0.4 is 10.5 Å². The SMILES string of the molecule is COc1ccc2c3c(n(CCCN)c2c1)CCCC3. The van der Waals surface area contributed by atoms with Gasteiger partial charge in [0.15, 0.2) is 0 Å². The number of rotatable bonds is 4. The molecule has 1 heterocycles. The molecule has 3 rings (SSSR count). The second-order valence-electron chi connectivity index (χ2n) is 5.31. The largest absolute Gasteiger partial charge is 0.497 e. The van der Waals surface area contributed by atoms with Gasteiger partial charge < -0.3 is 15.0 Å². The number of hydrogen-bond acceptors (Lipinski definition) is 2. The summed E-state index contributed by atoms with van der Waals surface area (Å²) in [4.78, 5) is 0. The molecule has 0 aliphatic heterocycles. The summed E-state index contributed by atoms with van der Waals surface area (Å²) in [5, 5.41) is 1.41. The Morgan fingerprint density at radius 3 is 2.89 bits per heavy atom. The normalized spacial score (nSPS) is 14.6. The van der Waals surface area contributed by atoms with Gasteiger partial charge >= 0.3 is 0 Å². The zero-order valence-electron chi connectivity index (χ0n) is 11.6. The molecule has 0 atom stereocenters. The van der Waals surface area contributed by atoms with Crippen molar-refractivity contribution in [2.45, 2.75) is 38.6 Å². The maximum absolute atomic E-state index is 5.68. The van der Waals surface area contributed by atoms with Gasteiger partial charge in [0.2, 0.25) is 0 Å².